The van der Waals surface area contributed by atoms with E-state index < -0.39 is 4.92 Å². The highest BCUT2D eigenvalue weighted by Gasteiger charge is 2.10. The number of benzene rings is 1. The lowest BCUT2D eigenvalue weighted by atomic mass is 10.2. The van der Waals surface area contributed by atoms with Gasteiger partial charge >= 0.3 is 5.69 Å². The van der Waals surface area contributed by atoms with Crippen molar-refractivity contribution < 1.29 is 4.92 Å². The number of pyridine rings is 1. The molecule has 17 heavy (non-hydrogen) atoms. The summed E-state index contributed by atoms with van der Waals surface area (Å²) in [5.74, 6) is 5.65. The van der Waals surface area contributed by atoms with E-state index in [0.29, 0.717) is 5.56 Å². The summed E-state index contributed by atoms with van der Waals surface area (Å²) >= 11 is 0. The van der Waals surface area contributed by atoms with E-state index in [-0.39, 0.29) is 5.69 Å². The Balaban J connectivity index is 2.38. The minimum Gasteiger partial charge on any atom is -0.258 e. The Labute approximate surface area is 98.1 Å². The third-order valence-electron chi connectivity index (χ3n) is 2.11. The van der Waals surface area contributed by atoms with E-state index in [9.17, 15) is 10.1 Å². The Kier molecular flexibility index (Phi) is 3.13. The van der Waals surface area contributed by atoms with Gasteiger partial charge in [-0.2, -0.15) is 0 Å². The van der Waals surface area contributed by atoms with Crippen molar-refractivity contribution in [3.63, 3.8) is 0 Å². The van der Waals surface area contributed by atoms with Crippen molar-refractivity contribution in [3.8, 4) is 11.8 Å². The van der Waals surface area contributed by atoms with E-state index in [1.54, 1.807) is 0 Å². The van der Waals surface area contributed by atoms with Gasteiger partial charge in [0.05, 0.1) is 4.92 Å². The molecule has 4 heteroatoms. The Morgan fingerprint density at radius 3 is 2.59 bits per heavy atom. The quantitative estimate of drug-likeness (QED) is 0.424. The average molecular weight is 224 g/mol. The number of hydrogen-bond acceptors (Lipinski definition) is 3. The normalized spacial score (nSPS) is 9.18. The molecule has 1 aromatic carbocycles. The first kappa shape index (κ1) is 10.8. The Hall–Kier alpha value is -2.67. The maximum atomic E-state index is 10.7. The van der Waals surface area contributed by atoms with Crippen LogP contribution >= 0.6 is 0 Å². The van der Waals surface area contributed by atoms with Crippen LogP contribution in [-0.4, -0.2) is 9.91 Å². The van der Waals surface area contributed by atoms with Crippen LogP contribution in [0, 0.1) is 22.0 Å². The summed E-state index contributed by atoms with van der Waals surface area (Å²) in [4.78, 5) is 14.0. The fourth-order valence-electron chi connectivity index (χ4n) is 1.30. The predicted molar refractivity (Wildman–Crippen MR) is 63.3 cm³/mol. The molecule has 0 radical (unpaired) electrons. The van der Waals surface area contributed by atoms with Crippen molar-refractivity contribution in [1.82, 2.24) is 4.98 Å². The summed E-state index contributed by atoms with van der Waals surface area (Å²) < 4.78 is 0. The van der Waals surface area contributed by atoms with Gasteiger partial charge in [-0.3, -0.25) is 15.1 Å². The highest BCUT2D eigenvalue weighted by Crippen LogP contribution is 2.14. The van der Waals surface area contributed by atoms with E-state index in [1.807, 2.05) is 30.3 Å². The molecule has 4 nitrogen and oxygen atoms in total. The van der Waals surface area contributed by atoms with Crippen molar-refractivity contribution in [2.24, 2.45) is 0 Å². The van der Waals surface area contributed by atoms with Gasteiger partial charge in [0, 0.05) is 11.8 Å². The van der Waals surface area contributed by atoms with Crippen molar-refractivity contribution in [2.75, 3.05) is 0 Å². The fraction of sp³-hybridized carbons (Fsp3) is 0. The molecule has 82 valence electrons. The minimum atomic E-state index is -0.484. The Bertz CT molecular complexity index is 598. The lowest BCUT2D eigenvalue weighted by Crippen LogP contribution is -1.92. The maximum Gasteiger partial charge on any atom is 0.303 e. The molecule has 0 amide bonds. The first-order chi connectivity index (χ1) is 8.27. The molecule has 0 aliphatic rings. The van der Waals surface area contributed by atoms with Crippen LogP contribution in [0.5, 0.6) is 0 Å². The molecule has 1 heterocycles. The summed E-state index contributed by atoms with van der Waals surface area (Å²) in [6.07, 6.45) is 2.69. The molecule has 0 bridgehead atoms. The van der Waals surface area contributed by atoms with Crippen LogP contribution in [0.3, 0.4) is 0 Å². The van der Waals surface area contributed by atoms with Gasteiger partial charge in [0.25, 0.3) is 0 Å². The fourth-order valence-corrected chi connectivity index (χ4v) is 1.30. The molecule has 0 N–H and O–H groups in total. The Morgan fingerprint density at radius 2 is 1.88 bits per heavy atom. The first-order valence-corrected chi connectivity index (χ1v) is 4.93. The molecular weight excluding hydrogens is 216 g/mol. The third kappa shape index (κ3) is 2.67. The second-order valence-corrected chi connectivity index (χ2v) is 3.27. The zero-order valence-corrected chi connectivity index (χ0v) is 8.83. The molecule has 0 fully saturated rings. The molecule has 0 saturated carbocycles. The first-order valence-electron chi connectivity index (χ1n) is 4.93. The van der Waals surface area contributed by atoms with Gasteiger partial charge in [-0.25, -0.2) is 0 Å². The molecule has 0 saturated heterocycles. The predicted octanol–water partition coefficient (Wildman–Crippen LogP) is 2.39. The van der Waals surface area contributed by atoms with E-state index in [4.69, 9.17) is 0 Å². The molecule has 2 aromatic rings. The van der Waals surface area contributed by atoms with E-state index in [2.05, 4.69) is 16.8 Å². The van der Waals surface area contributed by atoms with Gasteiger partial charge in [-0.05, 0) is 18.2 Å². The van der Waals surface area contributed by atoms with Crippen LogP contribution in [0.2, 0.25) is 0 Å². The van der Waals surface area contributed by atoms with E-state index >= 15 is 0 Å². The standard InChI is InChI=1S/C13H8N2O2/c16-15(17)13-10-14-9-8-12(13)7-6-11-4-2-1-3-5-11/h1-5,8-10H. The van der Waals surface area contributed by atoms with E-state index in [1.165, 1.54) is 18.5 Å². The molecule has 2 rings (SSSR count). The zero-order chi connectivity index (χ0) is 12.1. The number of aromatic nitrogens is 1. The highest BCUT2D eigenvalue weighted by atomic mass is 16.6. The van der Waals surface area contributed by atoms with Crippen LogP contribution < -0.4 is 0 Å². The van der Waals surface area contributed by atoms with Crippen LogP contribution in [-0.2, 0) is 0 Å². The third-order valence-corrected chi connectivity index (χ3v) is 2.11. The van der Waals surface area contributed by atoms with Crippen molar-refractivity contribution in [1.29, 1.82) is 0 Å². The number of nitrogens with zero attached hydrogens (tertiary/aromatic N) is 2. The van der Waals surface area contributed by atoms with Crippen LogP contribution in [0.4, 0.5) is 5.69 Å². The highest BCUT2D eigenvalue weighted by molar-refractivity contribution is 5.51. The van der Waals surface area contributed by atoms with Gasteiger partial charge in [0.2, 0.25) is 0 Å². The van der Waals surface area contributed by atoms with Gasteiger partial charge in [-0.15, -0.1) is 0 Å². The van der Waals surface area contributed by atoms with Crippen LogP contribution in [0.25, 0.3) is 0 Å². The summed E-state index contributed by atoms with van der Waals surface area (Å²) in [6.45, 7) is 0. The van der Waals surface area contributed by atoms with Gasteiger partial charge < -0.3 is 0 Å². The molecular formula is C13H8N2O2. The minimum absolute atomic E-state index is 0.0732. The van der Waals surface area contributed by atoms with Gasteiger partial charge in [0.15, 0.2) is 0 Å². The lowest BCUT2D eigenvalue weighted by molar-refractivity contribution is -0.385. The van der Waals surface area contributed by atoms with Crippen molar-refractivity contribution >= 4 is 5.69 Å². The molecule has 0 spiro atoms. The number of hydrogen-bond donors (Lipinski definition) is 0. The largest absolute Gasteiger partial charge is 0.303 e. The topological polar surface area (TPSA) is 56.0 Å². The van der Waals surface area contributed by atoms with E-state index in [0.717, 1.165) is 5.56 Å². The number of rotatable bonds is 1. The monoisotopic (exact) mass is 224 g/mol. The average Bonchev–Trinajstić information content (AvgIpc) is 2.38. The number of nitro groups is 1. The summed E-state index contributed by atoms with van der Waals surface area (Å²) in [5, 5.41) is 10.7. The van der Waals surface area contributed by atoms with Crippen LogP contribution in [0.15, 0.2) is 48.8 Å². The van der Waals surface area contributed by atoms with Crippen molar-refractivity contribution in [2.45, 2.75) is 0 Å². The SMILES string of the molecule is O=[N+]([O-])c1cnccc1C#Cc1ccccc1. The molecule has 0 aliphatic carbocycles. The molecule has 0 aliphatic heterocycles. The second-order valence-electron chi connectivity index (χ2n) is 3.27. The summed E-state index contributed by atoms with van der Waals surface area (Å²) in [7, 11) is 0. The summed E-state index contributed by atoms with van der Waals surface area (Å²) in [6, 6.07) is 10.9. The maximum absolute atomic E-state index is 10.7. The van der Waals surface area contributed by atoms with Gasteiger partial charge in [-0.1, -0.05) is 30.0 Å². The van der Waals surface area contributed by atoms with Crippen molar-refractivity contribution in [3.05, 3.63) is 70.0 Å². The molecule has 0 atom stereocenters. The summed E-state index contributed by atoms with van der Waals surface area (Å²) in [5.41, 5.74) is 1.11. The second kappa shape index (κ2) is 4.90. The van der Waals surface area contributed by atoms with Crippen LogP contribution in [0.1, 0.15) is 11.1 Å². The zero-order valence-electron chi connectivity index (χ0n) is 8.83. The Morgan fingerprint density at radius 1 is 1.12 bits per heavy atom. The molecule has 0 unspecified atom stereocenters. The molecule has 1 aromatic heterocycles. The lowest BCUT2D eigenvalue weighted by Gasteiger charge is -1.93. The smallest absolute Gasteiger partial charge is 0.258 e. The van der Waals surface area contributed by atoms with Gasteiger partial charge in [0.1, 0.15) is 11.8 Å².